The first-order chi connectivity index (χ1) is 22.9. The lowest BCUT2D eigenvalue weighted by Gasteiger charge is -2.30. The second kappa shape index (κ2) is 17.1. The topological polar surface area (TPSA) is 140 Å². The van der Waals surface area contributed by atoms with Gasteiger partial charge in [-0.25, -0.2) is 14.0 Å². The minimum absolute atomic E-state index is 0.0894. The molecule has 4 rings (SSSR count). The number of carbonyl (C=O) groups excluding carboxylic acids is 3. The van der Waals surface area contributed by atoms with Crippen molar-refractivity contribution in [2.24, 2.45) is 0 Å². The molecule has 3 amide bonds. The van der Waals surface area contributed by atoms with Gasteiger partial charge in [-0.1, -0.05) is 54.1 Å². The number of hydrogen-bond donors (Lipinski definition) is 4. The highest BCUT2D eigenvalue weighted by molar-refractivity contribution is 6.30. The minimum Gasteiger partial charge on any atom is -0.453 e. The first kappa shape index (κ1) is 36.4. The fourth-order valence-corrected chi connectivity index (χ4v) is 5.22. The summed E-state index contributed by atoms with van der Waals surface area (Å²) in [7, 11) is 1.17. The average Bonchev–Trinajstić information content (AvgIpc) is 3.07. The van der Waals surface area contributed by atoms with Gasteiger partial charge in [0.25, 0.3) is 0 Å². The van der Waals surface area contributed by atoms with Gasteiger partial charge in [-0.2, -0.15) is 13.2 Å². The second-order valence-corrected chi connectivity index (χ2v) is 11.3. The molecule has 16 heteroatoms. The number of amides is 3. The van der Waals surface area contributed by atoms with Gasteiger partial charge in [-0.3, -0.25) is 9.78 Å². The van der Waals surface area contributed by atoms with Crippen LogP contribution in [0.1, 0.15) is 29.0 Å². The number of nitrogens with zero attached hydrogens (tertiary/aromatic N) is 1. The number of benzene rings is 2. The third-order valence-electron chi connectivity index (χ3n) is 7.46. The Morgan fingerprint density at radius 2 is 1.77 bits per heavy atom. The third-order valence-corrected chi connectivity index (χ3v) is 7.71. The quantitative estimate of drug-likeness (QED) is 0.195. The van der Waals surface area contributed by atoms with Crippen LogP contribution in [-0.2, 0) is 25.4 Å². The largest absolute Gasteiger partial charge is 0.453 e. The summed E-state index contributed by atoms with van der Waals surface area (Å²) < 4.78 is 67.3. The number of ether oxygens (including phenoxy) is 3. The van der Waals surface area contributed by atoms with Crippen LogP contribution >= 0.6 is 11.6 Å². The highest BCUT2D eigenvalue weighted by Crippen LogP contribution is 2.31. The van der Waals surface area contributed by atoms with E-state index in [0.29, 0.717) is 22.6 Å². The van der Waals surface area contributed by atoms with Crippen molar-refractivity contribution < 1.29 is 46.2 Å². The fourth-order valence-electron chi connectivity index (χ4n) is 5.09. The highest BCUT2D eigenvalue weighted by atomic mass is 35.5. The van der Waals surface area contributed by atoms with Gasteiger partial charge in [-0.05, 0) is 36.1 Å². The smallest absolute Gasteiger partial charge is 0.407 e. The summed E-state index contributed by atoms with van der Waals surface area (Å²) in [5, 5.41) is 10.5. The molecule has 1 fully saturated rings. The lowest BCUT2D eigenvalue weighted by atomic mass is 9.84. The summed E-state index contributed by atoms with van der Waals surface area (Å²) in [5.41, 5.74) is 1.64. The Bertz CT molecular complexity index is 1530. The number of alkyl carbamates (subject to hydrolysis) is 2. The van der Waals surface area contributed by atoms with Crippen molar-refractivity contribution >= 4 is 35.4 Å². The molecule has 0 aliphatic carbocycles. The van der Waals surface area contributed by atoms with Crippen LogP contribution in [0, 0.1) is 5.82 Å². The maximum absolute atomic E-state index is 15.1. The number of hydrogen-bond acceptors (Lipinski definition) is 8. The van der Waals surface area contributed by atoms with Gasteiger partial charge < -0.3 is 35.5 Å². The van der Waals surface area contributed by atoms with Crippen molar-refractivity contribution in [3.63, 3.8) is 0 Å². The Labute approximate surface area is 278 Å². The zero-order chi connectivity index (χ0) is 34.7. The van der Waals surface area contributed by atoms with E-state index in [9.17, 15) is 27.6 Å². The summed E-state index contributed by atoms with van der Waals surface area (Å²) in [6.07, 6.45) is -4.23. The molecule has 1 unspecified atom stereocenters. The Morgan fingerprint density at radius 3 is 2.42 bits per heavy atom. The van der Waals surface area contributed by atoms with Gasteiger partial charge >= 0.3 is 18.4 Å². The van der Waals surface area contributed by atoms with Crippen LogP contribution in [0.15, 0.2) is 67.0 Å². The van der Waals surface area contributed by atoms with Crippen molar-refractivity contribution in [3.8, 4) is 0 Å². The van der Waals surface area contributed by atoms with E-state index in [1.807, 2.05) is 18.2 Å². The molecule has 1 saturated heterocycles. The maximum Gasteiger partial charge on any atom is 0.407 e. The SMILES string of the molecule is COC(=O)N[C@H](C(=O)Nc1cncc(F)c1CCC1CN[C@H](COC(=O)NCC(F)(F)F)CO1)[C@H](c1ccccc1)c1ccc(Cl)cc1. The van der Waals surface area contributed by atoms with Gasteiger partial charge in [0.2, 0.25) is 5.91 Å². The van der Waals surface area contributed by atoms with Gasteiger partial charge in [-0.15, -0.1) is 0 Å². The molecular formula is C32H34ClF4N5O6. The van der Waals surface area contributed by atoms with E-state index in [1.54, 1.807) is 41.7 Å². The van der Waals surface area contributed by atoms with E-state index >= 15 is 4.39 Å². The molecule has 2 heterocycles. The standard InChI is InChI=1S/C32H34ClF4N5O6/c1-46-31(45)42-28(27(19-5-3-2-4-6-19)20-7-9-21(33)10-8-20)29(43)41-26-15-38-14-25(34)24(26)12-11-23-13-39-22(16-47-23)17-48-30(44)40-18-32(35,36)37/h2-10,14-15,22-23,27-28,39H,11-13,16-18H2,1H3,(H,40,44)(H,41,43)(H,42,45)/t22-,23?,27+,28-/m0/s1. The lowest BCUT2D eigenvalue weighted by molar-refractivity contribution is -0.124. The molecule has 4 N–H and O–H groups in total. The number of anilines is 1. The lowest BCUT2D eigenvalue weighted by Crippen LogP contribution is -2.49. The Hall–Kier alpha value is -4.47. The Balaban J connectivity index is 1.43. The zero-order valence-corrected chi connectivity index (χ0v) is 26.4. The van der Waals surface area contributed by atoms with Crippen molar-refractivity contribution in [3.05, 3.63) is 94.5 Å². The van der Waals surface area contributed by atoms with Crippen LogP contribution in [0.4, 0.5) is 32.8 Å². The van der Waals surface area contributed by atoms with E-state index in [4.69, 9.17) is 25.8 Å². The van der Waals surface area contributed by atoms with Crippen LogP contribution < -0.4 is 21.3 Å². The monoisotopic (exact) mass is 695 g/mol. The molecule has 0 radical (unpaired) electrons. The zero-order valence-electron chi connectivity index (χ0n) is 25.7. The Morgan fingerprint density at radius 1 is 1.06 bits per heavy atom. The summed E-state index contributed by atoms with van der Waals surface area (Å²) >= 11 is 6.12. The second-order valence-electron chi connectivity index (χ2n) is 10.9. The Kier molecular flexibility index (Phi) is 12.9. The van der Waals surface area contributed by atoms with E-state index in [-0.39, 0.29) is 37.4 Å². The van der Waals surface area contributed by atoms with Crippen molar-refractivity contribution in [1.82, 2.24) is 20.9 Å². The van der Waals surface area contributed by atoms with Crippen molar-refractivity contribution in [1.29, 1.82) is 0 Å². The van der Waals surface area contributed by atoms with E-state index in [2.05, 4.69) is 20.9 Å². The highest BCUT2D eigenvalue weighted by Gasteiger charge is 2.34. The van der Waals surface area contributed by atoms with Gasteiger partial charge in [0.15, 0.2) is 0 Å². The van der Waals surface area contributed by atoms with Gasteiger partial charge in [0, 0.05) is 23.0 Å². The number of morpholine rings is 1. The van der Waals surface area contributed by atoms with Crippen LogP contribution in [0.25, 0.3) is 0 Å². The first-order valence-electron chi connectivity index (χ1n) is 14.8. The number of pyridine rings is 1. The van der Waals surface area contributed by atoms with E-state index in [0.717, 1.165) is 6.20 Å². The summed E-state index contributed by atoms with van der Waals surface area (Å²) in [6.45, 7) is -1.34. The maximum atomic E-state index is 15.1. The molecule has 11 nitrogen and oxygen atoms in total. The summed E-state index contributed by atoms with van der Waals surface area (Å²) in [5.74, 6) is -2.01. The molecule has 1 aliphatic heterocycles. The number of rotatable bonds is 12. The van der Waals surface area contributed by atoms with Crippen LogP contribution in [0.3, 0.4) is 0 Å². The summed E-state index contributed by atoms with van der Waals surface area (Å²) in [6, 6.07) is 14.2. The number of aromatic nitrogens is 1. The molecule has 2 aromatic carbocycles. The van der Waals surface area contributed by atoms with E-state index < -0.39 is 60.7 Å². The van der Waals surface area contributed by atoms with Crippen LogP contribution in [0.5, 0.6) is 0 Å². The number of carbonyl (C=O) groups is 3. The predicted molar refractivity (Wildman–Crippen MR) is 167 cm³/mol. The molecule has 1 aliphatic rings. The molecular weight excluding hydrogens is 662 g/mol. The average molecular weight is 696 g/mol. The first-order valence-corrected chi connectivity index (χ1v) is 15.2. The summed E-state index contributed by atoms with van der Waals surface area (Å²) in [4.78, 5) is 41.8. The van der Waals surface area contributed by atoms with E-state index in [1.165, 1.54) is 13.3 Å². The normalized spacial score (nSPS) is 17.5. The number of nitrogens with one attached hydrogen (secondary N) is 4. The molecule has 4 atom stereocenters. The van der Waals surface area contributed by atoms with Crippen molar-refractivity contribution in [2.45, 2.75) is 43.1 Å². The number of methoxy groups -OCH3 is 1. The molecule has 0 saturated carbocycles. The third kappa shape index (κ3) is 10.8. The van der Waals surface area contributed by atoms with Crippen LogP contribution in [0.2, 0.25) is 5.02 Å². The molecule has 0 spiro atoms. The number of alkyl halides is 3. The predicted octanol–water partition coefficient (Wildman–Crippen LogP) is 4.95. The molecule has 48 heavy (non-hydrogen) atoms. The fraction of sp³-hybridized carbons (Fsp3) is 0.375. The van der Waals surface area contributed by atoms with Crippen molar-refractivity contribution in [2.75, 3.05) is 38.7 Å². The van der Waals surface area contributed by atoms with Gasteiger partial charge in [0.1, 0.15) is 25.0 Å². The molecule has 258 valence electrons. The minimum atomic E-state index is -4.56. The molecule has 0 bridgehead atoms. The van der Waals surface area contributed by atoms with Crippen LogP contribution in [-0.4, -0.2) is 80.9 Å². The van der Waals surface area contributed by atoms with Gasteiger partial charge in [0.05, 0.1) is 43.9 Å². The number of halogens is 5. The molecule has 3 aromatic rings. The molecule has 1 aromatic heterocycles.